The average molecular weight is 320 g/mol. The van der Waals surface area contributed by atoms with Gasteiger partial charge in [-0.25, -0.2) is 8.42 Å². The summed E-state index contributed by atoms with van der Waals surface area (Å²) in [6.07, 6.45) is 0.780. The highest BCUT2D eigenvalue weighted by Gasteiger charge is 2.18. The monoisotopic (exact) mass is 319 g/mol. The molecule has 6 heteroatoms. The van der Waals surface area contributed by atoms with Crippen molar-refractivity contribution in [1.82, 2.24) is 5.32 Å². The van der Waals surface area contributed by atoms with Gasteiger partial charge in [0.05, 0.1) is 4.90 Å². The molecule has 0 aliphatic heterocycles. The van der Waals surface area contributed by atoms with E-state index in [-0.39, 0.29) is 4.90 Å². The van der Waals surface area contributed by atoms with E-state index in [0.717, 1.165) is 6.42 Å². The maximum atomic E-state index is 11.9. The summed E-state index contributed by atoms with van der Waals surface area (Å²) in [6, 6.07) is 6.33. The molecule has 0 atom stereocenters. The smallest absolute Gasteiger partial charge is 0.235 e. The average Bonchev–Trinajstić information content (AvgIpc) is 2.26. The third-order valence-electron chi connectivity index (χ3n) is 2.05. The highest BCUT2D eigenvalue weighted by Crippen LogP contribution is 2.17. The summed E-state index contributed by atoms with van der Waals surface area (Å²) >= 11 is 3.20. The number of sulfone groups is 1. The van der Waals surface area contributed by atoms with E-state index in [0.29, 0.717) is 11.0 Å². The zero-order chi connectivity index (χ0) is 12.9. The molecule has 0 fully saturated rings. The van der Waals surface area contributed by atoms with Gasteiger partial charge in [-0.05, 0) is 24.6 Å². The standard InChI is InChI=1S/C11H14BrNO3S/c1-2-6-13-11(14)8-17(15,16)10-5-3-4-9(12)7-10/h3-5,7H,2,6,8H2,1H3,(H,13,14). The Morgan fingerprint density at radius 3 is 2.71 bits per heavy atom. The van der Waals surface area contributed by atoms with Gasteiger partial charge in [-0.1, -0.05) is 28.9 Å². The van der Waals surface area contributed by atoms with Crippen LogP contribution in [0.4, 0.5) is 0 Å². The van der Waals surface area contributed by atoms with E-state index in [1.165, 1.54) is 12.1 Å². The quantitative estimate of drug-likeness (QED) is 0.899. The number of carbonyl (C=O) groups is 1. The first-order valence-electron chi connectivity index (χ1n) is 5.20. The van der Waals surface area contributed by atoms with E-state index in [1.54, 1.807) is 12.1 Å². The third kappa shape index (κ3) is 4.47. The topological polar surface area (TPSA) is 63.2 Å². The molecular formula is C11H14BrNO3S. The maximum Gasteiger partial charge on any atom is 0.235 e. The molecule has 17 heavy (non-hydrogen) atoms. The molecule has 0 bridgehead atoms. The van der Waals surface area contributed by atoms with Gasteiger partial charge < -0.3 is 5.32 Å². The molecular weight excluding hydrogens is 306 g/mol. The first kappa shape index (κ1) is 14.2. The summed E-state index contributed by atoms with van der Waals surface area (Å²) in [4.78, 5) is 11.5. The number of hydrogen-bond acceptors (Lipinski definition) is 3. The SMILES string of the molecule is CCCNC(=O)CS(=O)(=O)c1cccc(Br)c1. The maximum absolute atomic E-state index is 11.9. The van der Waals surface area contributed by atoms with E-state index in [2.05, 4.69) is 21.2 Å². The minimum absolute atomic E-state index is 0.151. The molecule has 0 saturated heterocycles. The number of carbonyl (C=O) groups excluding carboxylic acids is 1. The van der Waals surface area contributed by atoms with Crippen LogP contribution in [0.3, 0.4) is 0 Å². The molecule has 1 rings (SSSR count). The lowest BCUT2D eigenvalue weighted by Crippen LogP contribution is -2.30. The largest absolute Gasteiger partial charge is 0.355 e. The van der Waals surface area contributed by atoms with Crippen LogP contribution >= 0.6 is 15.9 Å². The molecule has 0 aliphatic rings. The Morgan fingerprint density at radius 2 is 2.12 bits per heavy atom. The minimum Gasteiger partial charge on any atom is -0.355 e. The number of halogens is 1. The highest BCUT2D eigenvalue weighted by atomic mass is 79.9. The predicted molar refractivity (Wildman–Crippen MR) is 69.5 cm³/mol. The van der Waals surface area contributed by atoms with Crippen LogP contribution < -0.4 is 5.32 Å². The van der Waals surface area contributed by atoms with Crippen LogP contribution in [-0.2, 0) is 14.6 Å². The van der Waals surface area contributed by atoms with Gasteiger partial charge in [-0.2, -0.15) is 0 Å². The van der Waals surface area contributed by atoms with E-state index in [4.69, 9.17) is 0 Å². The lowest BCUT2D eigenvalue weighted by Gasteiger charge is -2.05. The van der Waals surface area contributed by atoms with Crippen LogP contribution in [0.15, 0.2) is 33.6 Å². The summed E-state index contributed by atoms with van der Waals surface area (Å²) in [5.41, 5.74) is 0. The van der Waals surface area contributed by atoms with Crippen molar-refractivity contribution in [2.45, 2.75) is 18.2 Å². The van der Waals surface area contributed by atoms with Crippen LogP contribution in [-0.4, -0.2) is 26.6 Å². The molecule has 1 N–H and O–H groups in total. The van der Waals surface area contributed by atoms with Crippen molar-refractivity contribution in [1.29, 1.82) is 0 Å². The number of hydrogen-bond donors (Lipinski definition) is 1. The van der Waals surface area contributed by atoms with Gasteiger partial charge in [-0.15, -0.1) is 0 Å². The molecule has 0 saturated carbocycles. The van der Waals surface area contributed by atoms with E-state index in [1.807, 2.05) is 6.92 Å². The summed E-state index contributed by atoms with van der Waals surface area (Å²) in [5, 5.41) is 2.54. The van der Waals surface area contributed by atoms with Gasteiger partial charge in [0, 0.05) is 11.0 Å². The molecule has 4 nitrogen and oxygen atoms in total. The molecule has 0 heterocycles. The molecule has 0 radical (unpaired) electrons. The second-order valence-corrected chi connectivity index (χ2v) is 6.47. The van der Waals surface area contributed by atoms with Gasteiger partial charge in [0.15, 0.2) is 9.84 Å². The Morgan fingerprint density at radius 1 is 1.41 bits per heavy atom. The summed E-state index contributed by atoms with van der Waals surface area (Å²) in [6.45, 7) is 2.40. The molecule has 94 valence electrons. The fourth-order valence-electron chi connectivity index (χ4n) is 1.23. The Hall–Kier alpha value is -0.880. The Balaban J connectivity index is 2.79. The van der Waals surface area contributed by atoms with Crippen molar-refractivity contribution >= 4 is 31.7 Å². The zero-order valence-electron chi connectivity index (χ0n) is 9.44. The Kier molecular flexibility index (Phi) is 5.14. The van der Waals surface area contributed by atoms with Crippen LogP contribution in [0.2, 0.25) is 0 Å². The third-order valence-corrected chi connectivity index (χ3v) is 4.16. The van der Waals surface area contributed by atoms with E-state index < -0.39 is 21.5 Å². The van der Waals surface area contributed by atoms with Crippen LogP contribution in [0.25, 0.3) is 0 Å². The number of amides is 1. The molecule has 0 aliphatic carbocycles. The normalized spacial score (nSPS) is 11.2. The molecule has 0 spiro atoms. The molecule has 1 amide bonds. The van der Waals surface area contributed by atoms with Crippen molar-refractivity contribution in [2.24, 2.45) is 0 Å². The molecule has 0 unspecified atom stereocenters. The molecule has 1 aromatic rings. The summed E-state index contributed by atoms with van der Waals surface area (Å²) in [5.74, 6) is -0.976. The lowest BCUT2D eigenvalue weighted by molar-refractivity contribution is -0.118. The van der Waals surface area contributed by atoms with E-state index >= 15 is 0 Å². The fourth-order valence-corrected chi connectivity index (χ4v) is 2.99. The second kappa shape index (κ2) is 6.16. The van der Waals surface area contributed by atoms with Crippen molar-refractivity contribution in [2.75, 3.05) is 12.3 Å². The van der Waals surface area contributed by atoms with Gasteiger partial charge in [0.25, 0.3) is 0 Å². The second-order valence-electron chi connectivity index (χ2n) is 3.57. The van der Waals surface area contributed by atoms with Crippen molar-refractivity contribution in [3.05, 3.63) is 28.7 Å². The minimum atomic E-state index is -3.55. The molecule has 1 aromatic carbocycles. The first-order chi connectivity index (χ1) is 7.95. The van der Waals surface area contributed by atoms with Crippen molar-refractivity contribution < 1.29 is 13.2 Å². The Labute approximate surface area is 109 Å². The van der Waals surface area contributed by atoms with Crippen molar-refractivity contribution in [3.8, 4) is 0 Å². The van der Waals surface area contributed by atoms with Crippen molar-refractivity contribution in [3.63, 3.8) is 0 Å². The highest BCUT2D eigenvalue weighted by molar-refractivity contribution is 9.10. The lowest BCUT2D eigenvalue weighted by atomic mass is 10.4. The van der Waals surface area contributed by atoms with Gasteiger partial charge in [0.1, 0.15) is 5.75 Å². The first-order valence-corrected chi connectivity index (χ1v) is 7.65. The van der Waals surface area contributed by atoms with Gasteiger partial charge >= 0.3 is 0 Å². The van der Waals surface area contributed by atoms with Gasteiger partial charge in [-0.3, -0.25) is 4.79 Å². The van der Waals surface area contributed by atoms with Crippen LogP contribution in [0.5, 0.6) is 0 Å². The van der Waals surface area contributed by atoms with E-state index in [9.17, 15) is 13.2 Å². The van der Waals surface area contributed by atoms with Crippen LogP contribution in [0.1, 0.15) is 13.3 Å². The fraction of sp³-hybridized carbons (Fsp3) is 0.364. The number of benzene rings is 1. The zero-order valence-corrected chi connectivity index (χ0v) is 11.8. The van der Waals surface area contributed by atoms with Crippen LogP contribution in [0, 0.1) is 0 Å². The number of rotatable bonds is 5. The predicted octanol–water partition coefficient (Wildman–Crippen LogP) is 1.75. The van der Waals surface area contributed by atoms with Gasteiger partial charge in [0.2, 0.25) is 5.91 Å². The summed E-state index contributed by atoms with van der Waals surface area (Å²) in [7, 11) is -3.55. The Bertz CT molecular complexity index is 499. The number of nitrogens with one attached hydrogen (secondary N) is 1. The molecule has 0 aromatic heterocycles. The summed E-state index contributed by atoms with van der Waals surface area (Å²) < 4.78 is 24.4.